The van der Waals surface area contributed by atoms with Crippen molar-refractivity contribution in [1.82, 2.24) is 4.90 Å². The quantitative estimate of drug-likeness (QED) is 0.806. The summed E-state index contributed by atoms with van der Waals surface area (Å²) in [6.45, 7) is 0.930. The molecule has 2 aromatic rings. The molecule has 1 saturated heterocycles. The van der Waals surface area contributed by atoms with E-state index in [4.69, 9.17) is 0 Å². The Bertz CT molecular complexity index is 697. The van der Waals surface area contributed by atoms with Gasteiger partial charge in [-0.15, -0.1) is 0 Å². The van der Waals surface area contributed by atoms with E-state index in [1.54, 1.807) is 0 Å². The number of halogens is 3. The Morgan fingerprint density at radius 3 is 2.35 bits per heavy atom. The lowest BCUT2D eigenvalue weighted by molar-refractivity contribution is -0.138. The van der Waals surface area contributed by atoms with Crippen LogP contribution in [0.1, 0.15) is 33.8 Å². The van der Waals surface area contributed by atoms with Gasteiger partial charge in [0.25, 0.3) is 5.91 Å². The molecule has 1 aliphatic heterocycles. The molecule has 0 aliphatic carbocycles. The van der Waals surface area contributed by atoms with Crippen LogP contribution in [-0.4, -0.2) is 23.9 Å². The molecule has 120 valence electrons. The third-order valence-corrected chi connectivity index (χ3v) is 4.21. The smallest absolute Gasteiger partial charge is 0.338 e. The monoisotopic (exact) mass is 319 g/mol. The van der Waals surface area contributed by atoms with Gasteiger partial charge in [0, 0.05) is 19.0 Å². The number of hydrogen-bond donors (Lipinski definition) is 0. The predicted octanol–water partition coefficient (Wildman–Crippen LogP) is 4.34. The molecule has 3 rings (SSSR count). The third kappa shape index (κ3) is 3.23. The summed E-state index contributed by atoms with van der Waals surface area (Å²) in [5, 5.41) is 0. The van der Waals surface area contributed by atoms with E-state index < -0.39 is 17.6 Å². The fourth-order valence-electron chi connectivity index (χ4n) is 3.03. The number of alkyl halides is 3. The second-order valence-electron chi connectivity index (χ2n) is 5.69. The SMILES string of the molecule is O=C(c1ccccc1C(F)(F)F)N1CCC(c2ccccc2)C1. The molecule has 1 fully saturated rings. The first-order chi connectivity index (χ1) is 11.0. The fourth-order valence-corrected chi connectivity index (χ4v) is 3.03. The Kier molecular flexibility index (Phi) is 4.11. The topological polar surface area (TPSA) is 20.3 Å². The Balaban J connectivity index is 1.81. The molecule has 0 aromatic heterocycles. The maximum absolute atomic E-state index is 13.1. The minimum absolute atomic E-state index is 0.179. The minimum Gasteiger partial charge on any atom is -0.338 e. The van der Waals surface area contributed by atoms with Gasteiger partial charge in [0.05, 0.1) is 11.1 Å². The van der Waals surface area contributed by atoms with Crippen molar-refractivity contribution in [1.29, 1.82) is 0 Å². The van der Waals surface area contributed by atoms with E-state index in [0.717, 1.165) is 18.1 Å². The van der Waals surface area contributed by atoms with Gasteiger partial charge in [-0.05, 0) is 24.1 Å². The van der Waals surface area contributed by atoms with Gasteiger partial charge >= 0.3 is 6.18 Å². The summed E-state index contributed by atoms with van der Waals surface area (Å²) < 4.78 is 39.2. The van der Waals surface area contributed by atoms with Crippen molar-refractivity contribution in [3.8, 4) is 0 Å². The molecule has 0 saturated carbocycles. The zero-order valence-corrected chi connectivity index (χ0v) is 12.4. The molecule has 0 N–H and O–H groups in total. The number of amides is 1. The van der Waals surface area contributed by atoms with E-state index in [-0.39, 0.29) is 11.5 Å². The summed E-state index contributed by atoms with van der Waals surface area (Å²) in [6, 6.07) is 14.7. The van der Waals surface area contributed by atoms with Crippen molar-refractivity contribution in [3.05, 3.63) is 71.3 Å². The van der Waals surface area contributed by atoms with Gasteiger partial charge in [-0.2, -0.15) is 13.2 Å². The van der Waals surface area contributed by atoms with Crippen LogP contribution >= 0.6 is 0 Å². The van der Waals surface area contributed by atoms with Gasteiger partial charge in [-0.1, -0.05) is 42.5 Å². The molecule has 1 aliphatic rings. The zero-order valence-electron chi connectivity index (χ0n) is 12.4. The van der Waals surface area contributed by atoms with Gasteiger partial charge in [0.1, 0.15) is 0 Å². The van der Waals surface area contributed by atoms with Gasteiger partial charge in [-0.25, -0.2) is 0 Å². The molecule has 0 spiro atoms. The number of carbonyl (C=O) groups excluding carboxylic acids is 1. The summed E-state index contributed by atoms with van der Waals surface area (Å²) in [6.07, 6.45) is -3.76. The van der Waals surface area contributed by atoms with E-state index >= 15 is 0 Å². The highest BCUT2D eigenvalue weighted by atomic mass is 19.4. The number of rotatable bonds is 2. The van der Waals surface area contributed by atoms with Crippen LogP contribution in [0.4, 0.5) is 13.2 Å². The Hall–Kier alpha value is -2.30. The van der Waals surface area contributed by atoms with Crippen LogP contribution in [0.5, 0.6) is 0 Å². The highest BCUT2D eigenvalue weighted by Gasteiger charge is 2.37. The molecule has 2 nitrogen and oxygen atoms in total. The molecule has 1 heterocycles. The zero-order chi connectivity index (χ0) is 16.4. The number of nitrogens with zero attached hydrogens (tertiary/aromatic N) is 1. The van der Waals surface area contributed by atoms with Crippen molar-refractivity contribution in [2.45, 2.75) is 18.5 Å². The molecule has 0 radical (unpaired) electrons. The van der Waals surface area contributed by atoms with Crippen LogP contribution in [0.25, 0.3) is 0 Å². The van der Waals surface area contributed by atoms with Crippen LogP contribution in [0.2, 0.25) is 0 Å². The summed E-state index contributed by atoms with van der Waals surface area (Å²) in [5.41, 5.74) is -0.0196. The average Bonchev–Trinajstić information content (AvgIpc) is 3.04. The van der Waals surface area contributed by atoms with Crippen LogP contribution in [0, 0.1) is 0 Å². The van der Waals surface area contributed by atoms with Gasteiger partial charge in [0.2, 0.25) is 0 Å². The summed E-state index contributed by atoms with van der Waals surface area (Å²) in [5.74, 6) is -0.366. The van der Waals surface area contributed by atoms with Crippen LogP contribution in [0.3, 0.4) is 0 Å². The van der Waals surface area contributed by atoms with Crippen LogP contribution < -0.4 is 0 Å². The first-order valence-electron chi connectivity index (χ1n) is 7.47. The van der Waals surface area contributed by atoms with E-state index in [9.17, 15) is 18.0 Å². The Morgan fingerprint density at radius 1 is 1.00 bits per heavy atom. The van der Waals surface area contributed by atoms with Gasteiger partial charge < -0.3 is 4.90 Å². The lowest BCUT2D eigenvalue weighted by Crippen LogP contribution is -2.30. The fraction of sp³-hybridized carbons (Fsp3) is 0.278. The number of likely N-dealkylation sites (tertiary alicyclic amines) is 1. The molecule has 1 unspecified atom stereocenters. The maximum Gasteiger partial charge on any atom is 0.417 e. The van der Waals surface area contributed by atoms with Gasteiger partial charge in [-0.3, -0.25) is 4.79 Å². The number of hydrogen-bond acceptors (Lipinski definition) is 1. The highest BCUT2D eigenvalue weighted by molar-refractivity contribution is 5.96. The van der Waals surface area contributed by atoms with Crippen molar-refractivity contribution >= 4 is 5.91 Å². The molecule has 1 amide bonds. The first kappa shape index (κ1) is 15.6. The minimum atomic E-state index is -4.52. The summed E-state index contributed by atoms with van der Waals surface area (Å²) in [4.78, 5) is 14.0. The second-order valence-corrected chi connectivity index (χ2v) is 5.69. The maximum atomic E-state index is 13.1. The lowest BCUT2D eigenvalue weighted by Gasteiger charge is -2.19. The Morgan fingerprint density at radius 2 is 1.65 bits per heavy atom. The lowest BCUT2D eigenvalue weighted by atomic mass is 9.99. The number of carbonyl (C=O) groups is 1. The standard InChI is InChI=1S/C18H16F3NO/c19-18(20,21)16-9-5-4-8-15(16)17(23)22-11-10-14(12-22)13-6-2-1-3-7-13/h1-9,14H,10-12H2. The molecule has 23 heavy (non-hydrogen) atoms. The second kappa shape index (κ2) is 6.07. The van der Waals surface area contributed by atoms with Crippen molar-refractivity contribution < 1.29 is 18.0 Å². The first-order valence-corrected chi connectivity index (χ1v) is 7.47. The van der Waals surface area contributed by atoms with Crippen molar-refractivity contribution in [3.63, 3.8) is 0 Å². The van der Waals surface area contributed by atoms with E-state index in [1.165, 1.54) is 23.1 Å². The molecular weight excluding hydrogens is 303 g/mol. The summed E-state index contributed by atoms with van der Waals surface area (Å²) >= 11 is 0. The molecule has 5 heteroatoms. The summed E-state index contributed by atoms with van der Waals surface area (Å²) in [7, 11) is 0. The average molecular weight is 319 g/mol. The largest absolute Gasteiger partial charge is 0.417 e. The van der Waals surface area contributed by atoms with E-state index in [1.807, 2.05) is 30.3 Å². The van der Waals surface area contributed by atoms with Crippen molar-refractivity contribution in [2.75, 3.05) is 13.1 Å². The van der Waals surface area contributed by atoms with E-state index in [2.05, 4.69) is 0 Å². The van der Waals surface area contributed by atoms with E-state index in [0.29, 0.717) is 13.1 Å². The Labute approximate surface area is 132 Å². The molecule has 2 aromatic carbocycles. The molecule has 0 bridgehead atoms. The highest BCUT2D eigenvalue weighted by Crippen LogP contribution is 2.34. The normalized spacial score (nSPS) is 18.2. The molecule has 1 atom stereocenters. The van der Waals surface area contributed by atoms with Gasteiger partial charge in [0.15, 0.2) is 0 Å². The predicted molar refractivity (Wildman–Crippen MR) is 81.1 cm³/mol. The number of benzene rings is 2. The molecular formula is C18H16F3NO. The van der Waals surface area contributed by atoms with Crippen molar-refractivity contribution in [2.24, 2.45) is 0 Å². The van der Waals surface area contributed by atoms with Crippen LogP contribution in [-0.2, 0) is 6.18 Å². The van der Waals surface area contributed by atoms with Crippen LogP contribution in [0.15, 0.2) is 54.6 Å². The third-order valence-electron chi connectivity index (χ3n) is 4.21.